The highest BCUT2D eigenvalue weighted by Gasteiger charge is 2.38. The molecule has 2 aliphatic rings. The topological polar surface area (TPSA) is 12.0 Å². The summed E-state index contributed by atoms with van der Waals surface area (Å²) in [5.74, 6) is 1.73. The number of hydrogen-bond donors (Lipinski definition) is 1. The molecular weight excluding hydrogens is 182 g/mol. The monoisotopic (exact) mass is 201 g/mol. The van der Waals surface area contributed by atoms with Crippen LogP contribution >= 0.6 is 0 Å². The van der Waals surface area contributed by atoms with E-state index < -0.39 is 0 Å². The van der Waals surface area contributed by atoms with Crippen LogP contribution in [0.3, 0.4) is 0 Å². The normalized spacial score (nSPS) is 26.3. The summed E-state index contributed by atoms with van der Waals surface area (Å²) >= 11 is 0. The first-order valence-corrected chi connectivity index (χ1v) is 6.15. The molecule has 1 saturated carbocycles. The largest absolute Gasteiger partial charge is 0.316 e. The van der Waals surface area contributed by atoms with Gasteiger partial charge in [0.05, 0.1) is 0 Å². The van der Waals surface area contributed by atoms with Crippen molar-refractivity contribution in [2.75, 3.05) is 7.05 Å². The molecular formula is C14H19N. The fourth-order valence-electron chi connectivity index (χ4n) is 3.18. The molecule has 0 bridgehead atoms. The summed E-state index contributed by atoms with van der Waals surface area (Å²) in [4.78, 5) is 0. The summed E-state index contributed by atoms with van der Waals surface area (Å²) in [6, 6.07) is 9.66. The number of benzene rings is 1. The maximum absolute atomic E-state index is 3.55. The Balaban J connectivity index is 1.79. The van der Waals surface area contributed by atoms with Gasteiger partial charge in [-0.1, -0.05) is 30.7 Å². The lowest BCUT2D eigenvalue weighted by Crippen LogP contribution is -2.45. The van der Waals surface area contributed by atoms with E-state index in [0.29, 0.717) is 0 Å². The third-order valence-corrected chi connectivity index (χ3v) is 4.32. The van der Waals surface area contributed by atoms with Gasteiger partial charge in [0, 0.05) is 12.0 Å². The van der Waals surface area contributed by atoms with Gasteiger partial charge >= 0.3 is 0 Å². The molecule has 0 heterocycles. The van der Waals surface area contributed by atoms with Crippen LogP contribution in [0, 0.1) is 5.92 Å². The molecule has 0 saturated heterocycles. The van der Waals surface area contributed by atoms with Crippen molar-refractivity contribution in [3.63, 3.8) is 0 Å². The van der Waals surface area contributed by atoms with E-state index in [1.807, 2.05) is 0 Å². The Kier molecular flexibility index (Phi) is 2.28. The quantitative estimate of drug-likeness (QED) is 0.793. The van der Waals surface area contributed by atoms with Crippen LogP contribution in [0.4, 0.5) is 0 Å². The molecule has 1 aromatic carbocycles. The molecule has 1 N–H and O–H groups in total. The zero-order chi connectivity index (χ0) is 10.3. The Morgan fingerprint density at radius 2 is 2.07 bits per heavy atom. The first kappa shape index (κ1) is 9.41. The van der Waals surface area contributed by atoms with Gasteiger partial charge in [0.25, 0.3) is 0 Å². The van der Waals surface area contributed by atoms with Crippen LogP contribution in [-0.4, -0.2) is 13.1 Å². The number of fused-ring (bicyclic) bond motifs is 1. The van der Waals surface area contributed by atoms with Crippen molar-refractivity contribution in [2.24, 2.45) is 5.92 Å². The first-order chi connectivity index (χ1) is 7.40. The zero-order valence-electron chi connectivity index (χ0n) is 9.37. The lowest BCUT2D eigenvalue weighted by Gasteiger charge is -2.43. The predicted octanol–water partition coefficient (Wildman–Crippen LogP) is 2.71. The molecule has 2 atom stereocenters. The molecule has 1 heteroatoms. The molecule has 3 rings (SSSR count). The smallest absolute Gasteiger partial charge is 0.0164 e. The van der Waals surface area contributed by atoms with E-state index in [4.69, 9.17) is 0 Å². The summed E-state index contributed by atoms with van der Waals surface area (Å²) in [5, 5.41) is 3.55. The van der Waals surface area contributed by atoms with Gasteiger partial charge in [-0.2, -0.15) is 0 Å². The molecule has 1 fully saturated rings. The van der Waals surface area contributed by atoms with Crippen LogP contribution in [0.25, 0.3) is 0 Å². The number of rotatable bonds is 3. The van der Waals surface area contributed by atoms with Gasteiger partial charge in [-0.25, -0.2) is 0 Å². The van der Waals surface area contributed by atoms with Crippen LogP contribution < -0.4 is 5.32 Å². The zero-order valence-corrected chi connectivity index (χ0v) is 9.37. The standard InChI is InChI=1S/C14H19N/c1-15-14(10-6-4-7-10)13-9-11-5-2-3-8-12(11)13/h2-3,5,8,10,13-15H,4,6-7,9H2,1H3. The lowest BCUT2D eigenvalue weighted by molar-refractivity contribution is 0.201. The summed E-state index contributed by atoms with van der Waals surface area (Å²) in [6.07, 6.45) is 5.60. The van der Waals surface area contributed by atoms with Crippen LogP contribution in [0.5, 0.6) is 0 Å². The Hall–Kier alpha value is -0.820. The summed E-state index contributed by atoms with van der Waals surface area (Å²) < 4.78 is 0. The average Bonchev–Trinajstić information content (AvgIpc) is 2.15. The number of hydrogen-bond acceptors (Lipinski definition) is 1. The van der Waals surface area contributed by atoms with Gasteiger partial charge < -0.3 is 5.32 Å². The fourth-order valence-corrected chi connectivity index (χ4v) is 3.18. The minimum atomic E-state index is 0.730. The highest BCUT2D eigenvalue weighted by Crippen LogP contribution is 2.43. The maximum atomic E-state index is 3.55. The van der Waals surface area contributed by atoms with Gasteiger partial charge in [0.1, 0.15) is 0 Å². The van der Waals surface area contributed by atoms with Crippen LogP contribution in [0.2, 0.25) is 0 Å². The molecule has 0 spiro atoms. The molecule has 80 valence electrons. The highest BCUT2D eigenvalue weighted by molar-refractivity contribution is 5.41. The molecule has 15 heavy (non-hydrogen) atoms. The van der Waals surface area contributed by atoms with E-state index in [2.05, 4.69) is 36.6 Å². The number of likely N-dealkylation sites (N-methyl/N-ethyl adjacent to an activating group) is 1. The van der Waals surface area contributed by atoms with E-state index >= 15 is 0 Å². The third-order valence-electron chi connectivity index (χ3n) is 4.32. The SMILES string of the molecule is CNC(C1CCC1)C1Cc2ccccc21. The second-order valence-electron chi connectivity index (χ2n) is 5.01. The van der Waals surface area contributed by atoms with Crippen molar-refractivity contribution < 1.29 is 0 Å². The van der Waals surface area contributed by atoms with E-state index in [0.717, 1.165) is 17.9 Å². The molecule has 0 aliphatic heterocycles. The summed E-state index contributed by atoms with van der Waals surface area (Å²) in [7, 11) is 2.13. The van der Waals surface area contributed by atoms with Crippen LogP contribution in [0.15, 0.2) is 24.3 Å². The van der Waals surface area contributed by atoms with E-state index in [9.17, 15) is 0 Å². The minimum Gasteiger partial charge on any atom is -0.316 e. The Morgan fingerprint density at radius 1 is 1.27 bits per heavy atom. The van der Waals surface area contributed by atoms with Crippen LogP contribution in [-0.2, 0) is 6.42 Å². The van der Waals surface area contributed by atoms with Gasteiger partial charge in [0.2, 0.25) is 0 Å². The van der Waals surface area contributed by atoms with E-state index in [1.54, 1.807) is 11.1 Å². The molecule has 0 aromatic heterocycles. The molecule has 0 amide bonds. The Labute approximate surface area is 91.9 Å². The van der Waals surface area contributed by atoms with Gasteiger partial charge in [-0.3, -0.25) is 0 Å². The van der Waals surface area contributed by atoms with Crippen molar-refractivity contribution in [2.45, 2.75) is 37.6 Å². The second kappa shape index (κ2) is 3.64. The van der Waals surface area contributed by atoms with Gasteiger partial charge in [0.15, 0.2) is 0 Å². The van der Waals surface area contributed by atoms with Gasteiger partial charge in [-0.15, -0.1) is 0 Å². The lowest BCUT2D eigenvalue weighted by atomic mass is 9.66. The Bertz CT molecular complexity index is 354. The molecule has 1 nitrogen and oxygen atoms in total. The average molecular weight is 201 g/mol. The molecule has 0 radical (unpaired) electrons. The Morgan fingerprint density at radius 3 is 2.67 bits per heavy atom. The molecule has 2 unspecified atom stereocenters. The van der Waals surface area contributed by atoms with E-state index in [1.165, 1.54) is 25.7 Å². The first-order valence-electron chi connectivity index (χ1n) is 6.15. The van der Waals surface area contributed by atoms with Gasteiger partial charge in [-0.05, 0) is 43.4 Å². The van der Waals surface area contributed by atoms with Crippen molar-refractivity contribution in [1.82, 2.24) is 5.32 Å². The third kappa shape index (κ3) is 1.41. The summed E-state index contributed by atoms with van der Waals surface area (Å²) in [6.45, 7) is 0. The minimum absolute atomic E-state index is 0.730. The van der Waals surface area contributed by atoms with Crippen molar-refractivity contribution >= 4 is 0 Å². The fraction of sp³-hybridized carbons (Fsp3) is 0.571. The highest BCUT2D eigenvalue weighted by atomic mass is 14.9. The number of nitrogens with one attached hydrogen (secondary N) is 1. The van der Waals surface area contributed by atoms with Crippen LogP contribution in [0.1, 0.15) is 36.3 Å². The molecule has 1 aromatic rings. The van der Waals surface area contributed by atoms with Crippen molar-refractivity contribution in [3.8, 4) is 0 Å². The molecule has 2 aliphatic carbocycles. The van der Waals surface area contributed by atoms with E-state index in [-0.39, 0.29) is 0 Å². The van der Waals surface area contributed by atoms with Crippen molar-refractivity contribution in [3.05, 3.63) is 35.4 Å². The van der Waals surface area contributed by atoms with Crippen molar-refractivity contribution in [1.29, 1.82) is 0 Å². The maximum Gasteiger partial charge on any atom is 0.0164 e. The predicted molar refractivity (Wildman–Crippen MR) is 63.1 cm³/mol. The second-order valence-corrected chi connectivity index (χ2v) is 5.01. The summed E-state index contributed by atoms with van der Waals surface area (Å²) in [5.41, 5.74) is 3.17.